The molecule has 0 radical (unpaired) electrons. The number of hydrogen-bond acceptors (Lipinski definition) is 9. The van der Waals surface area contributed by atoms with Gasteiger partial charge in [-0.25, -0.2) is 0 Å². The molecule has 0 saturated carbocycles. The lowest BCUT2D eigenvalue weighted by molar-refractivity contribution is 0.0663. The molecule has 36 heavy (non-hydrogen) atoms. The van der Waals surface area contributed by atoms with Gasteiger partial charge >= 0.3 is 17.4 Å². The van der Waals surface area contributed by atoms with Crippen LogP contribution >= 0.6 is 0 Å². The van der Waals surface area contributed by atoms with E-state index in [1.165, 1.54) is 5.56 Å². The van der Waals surface area contributed by atoms with Gasteiger partial charge in [0.05, 0.1) is 0 Å². The number of nitrogens with two attached hydrogens (primary N) is 2. The highest BCUT2D eigenvalue weighted by Gasteiger charge is 2.40. The monoisotopic (exact) mass is 546 g/mol. The molecule has 0 aliphatic carbocycles. The molecule has 6 N–H and O–H groups in total. The summed E-state index contributed by atoms with van der Waals surface area (Å²) in [4.78, 5) is 0. The van der Waals surface area contributed by atoms with Crippen LogP contribution in [-0.2, 0) is 28.6 Å². The molecular formula is C25H54N4O5Si2. The third kappa shape index (κ3) is 17.7. The van der Waals surface area contributed by atoms with Gasteiger partial charge in [-0.15, -0.1) is 0 Å². The topological polar surface area (TPSA) is 122 Å². The summed E-state index contributed by atoms with van der Waals surface area (Å²) in [6, 6.07) is 12.3. The molecule has 0 atom stereocenters. The average molecular weight is 547 g/mol. The summed E-state index contributed by atoms with van der Waals surface area (Å²) >= 11 is 0. The van der Waals surface area contributed by atoms with Crippen LogP contribution in [0.5, 0.6) is 0 Å². The van der Waals surface area contributed by atoms with Gasteiger partial charge < -0.3 is 44.2 Å². The van der Waals surface area contributed by atoms with Crippen LogP contribution in [0.3, 0.4) is 0 Å². The van der Waals surface area contributed by atoms with Crippen molar-refractivity contribution in [3.05, 3.63) is 35.9 Å². The van der Waals surface area contributed by atoms with Crippen molar-refractivity contribution in [1.82, 2.24) is 10.6 Å². The highest BCUT2D eigenvalue weighted by Crippen LogP contribution is 2.19. The normalized spacial score (nSPS) is 11.9. The Morgan fingerprint density at radius 2 is 1.31 bits per heavy atom. The molecule has 0 fully saturated rings. The molecule has 0 heterocycles. The van der Waals surface area contributed by atoms with Crippen molar-refractivity contribution >= 4 is 17.4 Å². The van der Waals surface area contributed by atoms with E-state index >= 15 is 0 Å². The number of benzene rings is 1. The van der Waals surface area contributed by atoms with Gasteiger partial charge in [0.2, 0.25) is 0 Å². The van der Waals surface area contributed by atoms with Crippen molar-refractivity contribution in [2.45, 2.75) is 51.7 Å². The Balaban J connectivity index is 0.000000802. The van der Waals surface area contributed by atoms with E-state index in [4.69, 9.17) is 33.6 Å². The molecule has 0 aromatic heterocycles. The first kappa shape index (κ1) is 35.3. The molecule has 1 aromatic rings. The van der Waals surface area contributed by atoms with Crippen LogP contribution in [0.1, 0.15) is 32.3 Å². The van der Waals surface area contributed by atoms with Crippen molar-refractivity contribution < 1.29 is 22.1 Å². The number of nitrogens with one attached hydrogen (secondary N) is 2. The summed E-state index contributed by atoms with van der Waals surface area (Å²) in [5.41, 5.74) is 12.1. The third-order valence-corrected chi connectivity index (χ3v) is 11.6. The van der Waals surface area contributed by atoms with E-state index in [1.54, 1.807) is 14.2 Å². The molecule has 11 heteroatoms. The predicted molar refractivity (Wildman–Crippen MR) is 153 cm³/mol. The smallest absolute Gasteiger partial charge is 0.398 e. The molecule has 212 valence electrons. The molecule has 0 spiro atoms. The Morgan fingerprint density at radius 3 is 1.81 bits per heavy atom. The van der Waals surface area contributed by atoms with Crippen molar-refractivity contribution in [2.24, 2.45) is 11.5 Å². The Kier molecular flexibility index (Phi) is 23.0. The molecule has 0 saturated heterocycles. The lowest BCUT2D eigenvalue weighted by Gasteiger charge is -2.29. The van der Waals surface area contributed by atoms with Gasteiger partial charge in [-0.2, -0.15) is 0 Å². The molecule has 1 aromatic carbocycles. The van der Waals surface area contributed by atoms with E-state index in [-0.39, 0.29) is 0 Å². The van der Waals surface area contributed by atoms with Crippen LogP contribution in [-0.4, -0.2) is 90.7 Å². The quantitative estimate of drug-likeness (QED) is 0.128. The van der Waals surface area contributed by atoms with E-state index < -0.39 is 17.4 Å². The van der Waals surface area contributed by atoms with Gasteiger partial charge in [-0.1, -0.05) is 30.3 Å². The fourth-order valence-electron chi connectivity index (χ4n) is 3.42. The number of hydrogen-bond donors (Lipinski definition) is 4. The Bertz CT molecular complexity index is 595. The molecule has 0 aliphatic rings. The minimum absolute atomic E-state index is 0.617. The first-order valence-corrected chi connectivity index (χ1v) is 17.8. The van der Waals surface area contributed by atoms with Crippen LogP contribution in [0.25, 0.3) is 0 Å². The van der Waals surface area contributed by atoms with Gasteiger partial charge in [0, 0.05) is 66.3 Å². The van der Waals surface area contributed by atoms with Gasteiger partial charge in [-0.05, 0) is 64.4 Å². The second-order valence-electron chi connectivity index (χ2n) is 8.46. The van der Waals surface area contributed by atoms with Gasteiger partial charge in [0.15, 0.2) is 0 Å². The molecule has 9 nitrogen and oxygen atoms in total. The minimum Gasteiger partial charge on any atom is -0.398 e. The average Bonchev–Trinajstić information content (AvgIpc) is 2.90. The molecular weight excluding hydrogens is 492 g/mol. The van der Waals surface area contributed by atoms with Crippen molar-refractivity contribution in [3.63, 3.8) is 0 Å². The van der Waals surface area contributed by atoms with Crippen LogP contribution in [0, 0.1) is 0 Å². The van der Waals surface area contributed by atoms with Crippen molar-refractivity contribution in [2.75, 3.05) is 73.3 Å². The minimum atomic E-state index is -2.60. The van der Waals surface area contributed by atoms with E-state index in [9.17, 15) is 0 Å². The zero-order valence-corrected chi connectivity index (χ0v) is 25.5. The van der Waals surface area contributed by atoms with E-state index in [2.05, 4.69) is 41.4 Å². The maximum atomic E-state index is 6.14. The second kappa shape index (κ2) is 23.4. The summed E-state index contributed by atoms with van der Waals surface area (Å²) in [5, 5.41) is 6.51. The summed E-state index contributed by atoms with van der Waals surface area (Å²) in [5.74, 6) is 0. The van der Waals surface area contributed by atoms with E-state index in [0.29, 0.717) is 32.9 Å². The fourth-order valence-corrected chi connectivity index (χ4v) is 7.43. The molecule has 0 aliphatic heterocycles. The maximum Gasteiger partial charge on any atom is 0.501 e. The van der Waals surface area contributed by atoms with Gasteiger partial charge in [0.25, 0.3) is 0 Å². The van der Waals surface area contributed by atoms with Crippen LogP contribution < -0.4 is 22.1 Å². The van der Waals surface area contributed by atoms with Crippen LogP contribution in [0.4, 0.5) is 0 Å². The summed E-state index contributed by atoms with van der Waals surface area (Å²) in [6.45, 7) is 12.9. The maximum absolute atomic E-state index is 6.14. The van der Waals surface area contributed by atoms with Crippen LogP contribution in [0.15, 0.2) is 30.3 Å². The SMILES string of the molecule is CCO[Si](CCc1ccccc1)(OCC)OCCCNCCN.CO[Si](C)(CCCNCCN)OC. The van der Waals surface area contributed by atoms with Crippen molar-refractivity contribution in [1.29, 1.82) is 0 Å². The van der Waals surface area contributed by atoms with Gasteiger partial charge in [-0.3, -0.25) is 0 Å². The van der Waals surface area contributed by atoms with E-state index in [1.807, 2.05) is 19.9 Å². The second-order valence-corrected chi connectivity index (χ2v) is 14.8. The largest absolute Gasteiger partial charge is 0.501 e. The standard InChI is InChI=1S/C17H32N2O3Si.C8H22N2O2Si/c1-3-20-23(21-4-2,22-15-8-13-19-14-12-18)16-11-17-9-6-5-7-10-17;1-11-13(3,12-2)8-4-6-10-7-5-9/h5-7,9-10,19H,3-4,8,11-16,18H2,1-2H3;10H,4-9H2,1-3H3. The van der Waals surface area contributed by atoms with Crippen LogP contribution in [0.2, 0.25) is 18.6 Å². The first-order valence-electron chi connectivity index (χ1n) is 13.3. The third-order valence-electron chi connectivity index (χ3n) is 5.60. The lowest BCUT2D eigenvalue weighted by atomic mass is 10.2. The lowest BCUT2D eigenvalue weighted by Crippen LogP contribution is -2.46. The van der Waals surface area contributed by atoms with Gasteiger partial charge in [0.1, 0.15) is 0 Å². The Hall–Kier alpha value is -0.706. The van der Waals surface area contributed by atoms with Crippen molar-refractivity contribution in [3.8, 4) is 0 Å². The number of aryl methyl sites for hydroxylation is 1. The Labute approximate surface area is 222 Å². The molecule has 1 rings (SSSR count). The summed E-state index contributed by atoms with van der Waals surface area (Å²) in [7, 11) is -0.978. The highest BCUT2D eigenvalue weighted by molar-refractivity contribution is 6.65. The summed E-state index contributed by atoms with van der Waals surface area (Å²) < 4.78 is 28.8. The zero-order valence-electron chi connectivity index (χ0n) is 23.5. The molecule has 0 bridgehead atoms. The molecule has 0 unspecified atom stereocenters. The highest BCUT2D eigenvalue weighted by atomic mass is 28.4. The zero-order chi connectivity index (χ0) is 27.0. The Morgan fingerprint density at radius 1 is 0.750 bits per heavy atom. The predicted octanol–water partition coefficient (Wildman–Crippen LogP) is 2.49. The van der Waals surface area contributed by atoms with E-state index in [0.717, 1.165) is 57.5 Å². The first-order chi connectivity index (χ1) is 17.4. The summed E-state index contributed by atoms with van der Waals surface area (Å²) in [6.07, 6.45) is 2.93. The number of rotatable bonds is 22. The fraction of sp³-hybridized carbons (Fsp3) is 0.760. The molecule has 0 amide bonds.